The van der Waals surface area contributed by atoms with Gasteiger partial charge < -0.3 is 114 Å². The first-order valence-corrected chi connectivity index (χ1v) is 30.4. The normalized spacial score (nSPS) is 56.2. The van der Waals surface area contributed by atoms with E-state index < -0.39 is 172 Å². The number of rotatable bonds is 12. The smallest absolute Gasteiger partial charge is 0.314 e. The maximum Gasteiger partial charge on any atom is 0.314 e. The number of carbonyl (C=O) groups is 1. The lowest BCUT2D eigenvalue weighted by molar-refractivity contribution is -0.360. The van der Waals surface area contributed by atoms with Crippen LogP contribution in [0.5, 0.6) is 0 Å². The average Bonchev–Trinajstić information content (AvgIpc) is 1.63. The lowest BCUT2D eigenvalue weighted by Gasteiger charge is -2.73. The van der Waals surface area contributed by atoms with Crippen LogP contribution in [-0.4, -0.2) is 245 Å². The number of aliphatic hydroxyl groups excluding tert-OH is 14. The number of ether oxygens (including phenoxy) is 9. The predicted molar refractivity (Wildman–Crippen MR) is 285 cm³/mol. The van der Waals surface area contributed by atoms with Crippen LogP contribution in [0.4, 0.5) is 0 Å². The van der Waals surface area contributed by atoms with Gasteiger partial charge in [0.05, 0.1) is 43.5 Å². The molecule has 24 nitrogen and oxygen atoms in total. The van der Waals surface area contributed by atoms with Crippen molar-refractivity contribution in [1.82, 2.24) is 0 Å². The highest BCUT2D eigenvalue weighted by Gasteiger charge is 2.73. The highest BCUT2D eigenvalue weighted by atomic mass is 16.8. The zero-order valence-electron chi connectivity index (χ0n) is 49.1. The monoisotopic (exact) mass is 1190 g/mol. The van der Waals surface area contributed by atoms with Crippen molar-refractivity contribution in [2.24, 2.45) is 62.6 Å². The predicted octanol–water partition coefficient (Wildman–Crippen LogP) is -1.39. The second-order valence-corrected chi connectivity index (χ2v) is 28.2. The van der Waals surface area contributed by atoms with Gasteiger partial charge in [-0.3, -0.25) is 4.79 Å². The summed E-state index contributed by atoms with van der Waals surface area (Å²) < 4.78 is 53.7. The first kappa shape index (κ1) is 64.3. The van der Waals surface area contributed by atoms with E-state index in [1.807, 2.05) is 6.92 Å². The summed E-state index contributed by atoms with van der Waals surface area (Å²) >= 11 is 0. The molecular formula is C59H96O24. The van der Waals surface area contributed by atoms with Gasteiger partial charge in [-0.05, 0) is 142 Å². The third-order valence-electron chi connectivity index (χ3n) is 23.8. The van der Waals surface area contributed by atoms with Crippen LogP contribution >= 0.6 is 0 Å². The number of fused-ring (bicyclic) bond motifs is 7. The number of carbonyl (C=O) groups excluding carboxylic acids is 1. The Morgan fingerprint density at radius 3 is 1.80 bits per heavy atom. The number of aliphatic hydroxyl groups is 14. The number of hydrogen-bond donors (Lipinski definition) is 14. The number of hydrogen-bond acceptors (Lipinski definition) is 24. The molecule has 24 heteroatoms. The van der Waals surface area contributed by atoms with Crippen molar-refractivity contribution in [3.8, 4) is 0 Å². The highest BCUT2D eigenvalue weighted by molar-refractivity contribution is 5.78. The minimum Gasteiger partial charge on any atom is -0.432 e. The Morgan fingerprint density at radius 2 is 1.13 bits per heavy atom. The fourth-order valence-corrected chi connectivity index (χ4v) is 18.9. The molecule has 0 aromatic carbocycles. The Hall–Kier alpha value is -1.67. The van der Waals surface area contributed by atoms with Crippen molar-refractivity contribution in [2.45, 2.75) is 267 Å². The number of allylic oxidation sites excluding steroid dienone is 1. The van der Waals surface area contributed by atoms with Gasteiger partial charge in [-0.15, -0.1) is 0 Å². The van der Waals surface area contributed by atoms with E-state index in [1.165, 1.54) is 6.92 Å². The SMILES string of the molecule is C=C(C)[C@@H]1CC[C@]2(C(=O)O[C@@H]3O[C@@H](C)[C@H](O[C@@H]4O[C@H](CO[C@@H]5O[C@H](CO)[C@@H](O)[C@H](O)[C@H]5O)[C@@H](O)[C@H](O)[C@H]4O)[C@@H](O)[C@H]3O)CC[C@]3(C)[C@H](CC[C@@H]4[C@@]5(C)CC[C@H]([C@@H]6OC[C@H](O)[C@H](O)[C@H]6O[C@@H]6O[C@@H](C)[C@H](O)[C@@H](O)[C@H]6O)C(C)(C)[C@@H]5CC[C@]43C)[C@@H]12. The Kier molecular flexibility index (Phi) is 18.3. The maximum absolute atomic E-state index is 15.2. The van der Waals surface area contributed by atoms with Crippen LogP contribution in [0.25, 0.3) is 0 Å². The fourth-order valence-electron chi connectivity index (χ4n) is 18.9. The molecule has 0 aromatic rings. The molecule has 0 spiro atoms. The van der Waals surface area contributed by atoms with Gasteiger partial charge in [-0.25, -0.2) is 0 Å². The first-order chi connectivity index (χ1) is 38.9. The molecule has 5 saturated carbocycles. The largest absolute Gasteiger partial charge is 0.432 e. The van der Waals surface area contributed by atoms with E-state index in [9.17, 15) is 71.5 Å². The summed E-state index contributed by atoms with van der Waals surface area (Å²) in [5.74, 6) is -0.182. The molecule has 0 unspecified atom stereocenters. The van der Waals surface area contributed by atoms with E-state index in [1.54, 1.807) is 6.92 Å². The lowest BCUT2D eigenvalue weighted by Crippen LogP contribution is -2.68. The standard InChI is InChI=1S/C59H96O24/c1-23(2)26-12-17-59(54(74)83-52-46(73)42(69)47(25(4)78-52)81-53-45(72)41(68)38(65)31(80-53)22-76-50-43(70)40(67)37(64)30(20-60)79-50)19-18-57(8)27(34(26)59)10-11-33-56(7)15-13-28(55(5,6)32(56)14-16-58(33,57)9)48-49(36(63)29(61)21-75-48)82-51-44(71)39(66)35(62)24(3)77-51/h24-53,60-73H,1,10-22H2,2-9H3/t24-,25-,26-,27+,28+,29-,30+,31+,32-,33+,34+,35-,36-,37+,38+,39+,40-,41-,42-,43+,44+,45+,46+,47-,48-,49+,50+,51-,52-,53-,56-,57+,58+,59-/m0/s1. The summed E-state index contributed by atoms with van der Waals surface area (Å²) in [5.41, 5.74) is -0.820. The van der Waals surface area contributed by atoms with E-state index in [-0.39, 0.29) is 57.9 Å². The third kappa shape index (κ3) is 10.4. The topological polar surface area (TPSA) is 383 Å². The summed E-state index contributed by atoms with van der Waals surface area (Å²) in [6, 6.07) is 0. The molecule has 5 saturated heterocycles. The minimum atomic E-state index is -1.89. The molecule has 34 atom stereocenters. The summed E-state index contributed by atoms with van der Waals surface area (Å²) in [5, 5.41) is 151. The zero-order valence-corrected chi connectivity index (χ0v) is 49.1. The van der Waals surface area contributed by atoms with Crippen LogP contribution in [0.1, 0.15) is 120 Å². The quantitative estimate of drug-likeness (QED) is 0.0790. The molecule has 5 aliphatic carbocycles. The van der Waals surface area contributed by atoms with Crippen molar-refractivity contribution < 1.29 is 119 Å². The molecule has 5 heterocycles. The Morgan fingerprint density at radius 1 is 0.542 bits per heavy atom. The Bertz CT molecular complexity index is 2300. The van der Waals surface area contributed by atoms with Crippen molar-refractivity contribution in [3.05, 3.63) is 12.2 Å². The second-order valence-electron chi connectivity index (χ2n) is 28.2. The van der Waals surface area contributed by atoms with Crippen LogP contribution in [0.2, 0.25) is 0 Å². The molecule has 83 heavy (non-hydrogen) atoms. The molecule has 476 valence electrons. The van der Waals surface area contributed by atoms with Crippen LogP contribution < -0.4 is 0 Å². The van der Waals surface area contributed by atoms with Crippen LogP contribution in [0.15, 0.2) is 12.2 Å². The summed E-state index contributed by atoms with van der Waals surface area (Å²) in [6.45, 7) is 20.0. The van der Waals surface area contributed by atoms with E-state index in [0.29, 0.717) is 25.2 Å². The van der Waals surface area contributed by atoms with Crippen molar-refractivity contribution in [3.63, 3.8) is 0 Å². The summed E-state index contributed by atoms with van der Waals surface area (Å²) in [7, 11) is 0. The third-order valence-corrected chi connectivity index (χ3v) is 23.8. The van der Waals surface area contributed by atoms with Crippen LogP contribution in [0.3, 0.4) is 0 Å². The molecule has 0 bridgehead atoms. The van der Waals surface area contributed by atoms with Gasteiger partial charge in [0.1, 0.15) is 104 Å². The molecule has 0 aromatic heterocycles. The molecule has 0 radical (unpaired) electrons. The Labute approximate surface area is 484 Å². The van der Waals surface area contributed by atoms with E-state index in [0.717, 1.165) is 50.5 Å². The van der Waals surface area contributed by atoms with E-state index in [2.05, 4.69) is 41.2 Å². The van der Waals surface area contributed by atoms with Gasteiger partial charge in [0.25, 0.3) is 0 Å². The fraction of sp³-hybridized carbons (Fsp3) is 0.949. The molecule has 10 fully saturated rings. The molecule has 0 amide bonds. The molecule has 14 N–H and O–H groups in total. The van der Waals surface area contributed by atoms with Gasteiger partial charge in [-0.2, -0.15) is 0 Å². The zero-order chi connectivity index (χ0) is 60.5. The van der Waals surface area contributed by atoms with Gasteiger partial charge in [-0.1, -0.05) is 46.8 Å². The molecule has 10 aliphatic rings. The van der Waals surface area contributed by atoms with E-state index in [4.69, 9.17) is 42.6 Å². The van der Waals surface area contributed by atoms with E-state index >= 15 is 4.79 Å². The van der Waals surface area contributed by atoms with Crippen molar-refractivity contribution in [2.75, 3.05) is 19.8 Å². The highest BCUT2D eigenvalue weighted by Crippen LogP contribution is 2.78. The molecular weight excluding hydrogens is 1090 g/mol. The summed E-state index contributed by atoms with van der Waals surface area (Å²) in [6.07, 6.45) is -28.2. The van der Waals surface area contributed by atoms with Crippen LogP contribution in [-0.2, 0) is 47.4 Å². The maximum atomic E-state index is 15.2. The van der Waals surface area contributed by atoms with Gasteiger partial charge in [0.15, 0.2) is 18.9 Å². The molecule has 10 rings (SSSR count). The molecule has 5 aliphatic heterocycles. The van der Waals surface area contributed by atoms with Gasteiger partial charge in [0, 0.05) is 0 Å². The average molecular weight is 1190 g/mol. The van der Waals surface area contributed by atoms with Crippen LogP contribution in [0, 0.1) is 62.6 Å². The second kappa shape index (κ2) is 23.6. The first-order valence-electron chi connectivity index (χ1n) is 30.4. The lowest BCUT2D eigenvalue weighted by atomic mass is 9.31. The van der Waals surface area contributed by atoms with Gasteiger partial charge in [0.2, 0.25) is 6.29 Å². The number of esters is 1. The summed E-state index contributed by atoms with van der Waals surface area (Å²) in [4.78, 5) is 15.2. The Balaban J connectivity index is 0.818. The minimum absolute atomic E-state index is 0.00605. The van der Waals surface area contributed by atoms with Crippen molar-refractivity contribution >= 4 is 5.97 Å². The van der Waals surface area contributed by atoms with Gasteiger partial charge >= 0.3 is 5.97 Å². The van der Waals surface area contributed by atoms with Crippen molar-refractivity contribution in [1.29, 1.82) is 0 Å².